The van der Waals surface area contributed by atoms with Gasteiger partial charge >= 0.3 is 6.99 Å². The average molecular weight is 572 g/mol. The maximum Gasteiger partial charge on any atom is 0.390 e. The SMILES string of the molecule is [B]C1([B])B(F)c2cccc(Cl)c2C(=O)N1c1ncc(-c2ccc(C(N)=O)cc2Cl)cc1OC1CC2[C@@H](C1)C2(C)C. The topological polar surface area (TPSA) is 85.5 Å². The van der Waals surface area contributed by atoms with Crippen LogP contribution >= 0.6 is 23.2 Å². The molecule has 2 amide bonds. The van der Waals surface area contributed by atoms with Crippen molar-refractivity contribution in [2.24, 2.45) is 23.0 Å². The highest BCUT2D eigenvalue weighted by Gasteiger charge is 2.62. The molecular weight excluding hydrogens is 549 g/mol. The fourth-order valence-corrected chi connectivity index (χ4v) is 6.93. The number of pyridine rings is 1. The van der Waals surface area contributed by atoms with E-state index >= 15 is 4.32 Å². The maximum absolute atomic E-state index is 15.8. The highest BCUT2D eigenvalue weighted by Crippen LogP contribution is 2.67. The molecule has 2 heterocycles. The number of primary amides is 1. The fourth-order valence-electron chi connectivity index (χ4n) is 6.38. The standard InChI is InChI=1S/C28H23B3Cl2FN3O3/c1-27(2)17-10-15(11-18(17)27)40-22-9-14(16-7-6-13(24(35)38)8-21(16)33)12-36-25(22)37-26(39)23-19(4-3-5-20(23)32)31(34)28(37,29)30/h3-9,12,15,17-18H,10-11H2,1-2H3,(H2,35,38)/t15?,17-,18?/m1/s1. The number of carbonyl (C=O) groups is 2. The molecule has 3 aliphatic rings. The van der Waals surface area contributed by atoms with E-state index < -0.39 is 24.0 Å². The molecule has 1 aromatic heterocycles. The van der Waals surface area contributed by atoms with Gasteiger partial charge in [0.2, 0.25) is 5.91 Å². The smallest absolute Gasteiger partial charge is 0.390 e. The lowest BCUT2D eigenvalue weighted by Crippen LogP contribution is -2.70. The van der Waals surface area contributed by atoms with Gasteiger partial charge in [0.25, 0.3) is 5.91 Å². The molecule has 4 radical (unpaired) electrons. The van der Waals surface area contributed by atoms with Crippen LogP contribution in [-0.4, -0.2) is 50.8 Å². The van der Waals surface area contributed by atoms with E-state index in [2.05, 4.69) is 18.8 Å². The zero-order chi connectivity index (χ0) is 28.7. The second-order valence-electron chi connectivity index (χ2n) is 11.4. The molecule has 2 aliphatic carbocycles. The average Bonchev–Trinajstić information content (AvgIpc) is 3.19. The molecule has 0 bridgehead atoms. The number of carbonyl (C=O) groups excluding carboxylic acids is 2. The number of anilines is 1. The van der Waals surface area contributed by atoms with Crippen LogP contribution in [0, 0.1) is 17.3 Å². The van der Waals surface area contributed by atoms with Crippen LogP contribution in [0.15, 0.2) is 48.7 Å². The first kappa shape index (κ1) is 27.2. The summed E-state index contributed by atoms with van der Waals surface area (Å²) in [6.07, 6.45) is 2.98. The van der Waals surface area contributed by atoms with Crippen molar-refractivity contribution >= 4 is 69.0 Å². The predicted octanol–water partition coefficient (Wildman–Crippen LogP) is 4.33. The first-order valence-corrected chi connectivity index (χ1v) is 13.7. The minimum atomic E-state index is -2.28. The summed E-state index contributed by atoms with van der Waals surface area (Å²) in [6.45, 7) is 2.54. The third kappa shape index (κ3) is 4.14. The van der Waals surface area contributed by atoms with Gasteiger partial charge < -0.3 is 19.7 Å². The van der Waals surface area contributed by atoms with Gasteiger partial charge in [-0.3, -0.25) is 9.59 Å². The lowest BCUT2D eigenvalue weighted by Gasteiger charge is -2.44. The molecule has 0 saturated heterocycles. The number of amides is 2. The summed E-state index contributed by atoms with van der Waals surface area (Å²) in [5, 5.41) is -1.93. The number of halogens is 3. The Morgan fingerprint density at radius 1 is 1.15 bits per heavy atom. The van der Waals surface area contributed by atoms with Crippen molar-refractivity contribution in [3.63, 3.8) is 0 Å². The summed E-state index contributed by atoms with van der Waals surface area (Å²) in [7, 11) is 12.6. The Morgan fingerprint density at radius 3 is 2.50 bits per heavy atom. The van der Waals surface area contributed by atoms with E-state index in [1.165, 1.54) is 30.5 Å². The Labute approximate surface area is 244 Å². The summed E-state index contributed by atoms with van der Waals surface area (Å²) in [4.78, 5) is 30.8. The Morgan fingerprint density at radius 2 is 1.85 bits per heavy atom. The monoisotopic (exact) mass is 571 g/mol. The molecule has 2 saturated carbocycles. The third-order valence-corrected chi connectivity index (χ3v) is 9.38. The van der Waals surface area contributed by atoms with E-state index in [4.69, 9.17) is 49.4 Å². The van der Waals surface area contributed by atoms with Gasteiger partial charge in [-0.2, -0.15) is 0 Å². The van der Waals surface area contributed by atoms with Crippen molar-refractivity contribution in [2.45, 2.75) is 38.0 Å². The molecule has 40 heavy (non-hydrogen) atoms. The van der Waals surface area contributed by atoms with Crippen molar-refractivity contribution in [2.75, 3.05) is 4.90 Å². The van der Waals surface area contributed by atoms with E-state index in [1.807, 2.05) is 0 Å². The molecule has 2 fully saturated rings. The lowest BCUT2D eigenvalue weighted by molar-refractivity contribution is 0.0977. The van der Waals surface area contributed by atoms with E-state index in [9.17, 15) is 9.59 Å². The highest BCUT2D eigenvalue weighted by atomic mass is 35.5. The van der Waals surface area contributed by atoms with Gasteiger partial charge in [0.15, 0.2) is 11.6 Å². The van der Waals surface area contributed by atoms with Gasteiger partial charge in [-0.1, -0.05) is 55.2 Å². The largest absolute Gasteiger partial charge is 0.486 e. The van der Waals surface area contributed by atoms with Crippen LogP contribution in [0.25, 0.3) is 11.1 Å². The number of hydrogen-bond acceptors (Lipinski definition) is 4. The van der Waals surface area contributed by atoms with Crippen molar-refractivity contribution in [3.05, 3.63) is 69.8 Å². The molecule has 198 valence electrons. The minimum absolute atomic E-state index is 0.0114. The van der Waals surface area contributed by atoms with Gasteiger partial charge in [-0.25, -0.2) is 4.98 Å². The molecule has 1 aliphatic heterocycles. The first-order chi connectivity index (χ1) is 18.8. The van der Waals surface area contributed by atoms with E-state index in [-0.39, 0.29) is 49.7 Å². The zero-order valence-electron chi connectivity index (χ0n) is 21.8. The number of nitrogens with zero attached hydrogens (tertiary/aromatic N) is 2. The number of fused-ring (bicyclic) bond motifs is 2. The molecular formula is C28H23B3Cl2FN3O3. The third-order valence-electron chi connectivity index (χ3n) is 8.75. The summed E-state index contributed by atoms with van der Waals surface area (Å²) in [6, 6.07) is 10.8. The minimum Gasteiger partial charge on any atom is -0.486 e. The van der Waals surface area contributed by atoms with Crippen LogP contribution in [0.1, 0.15) is 47.4 Å². The molecule has 3 aromatic rings. The van der Waals surface area contributed by atoms with Gasteiger partial charge in [-0.05, 0) is 65.1 Å². The van der Waals surface area contributed by atoms with Crippen LogP contribution in [0.5, 0.6) is 5.75 Å². The summed E-state index contributed by atoms with van der Waals surface area (Å²) >= 11 is 12.8. The Bertz CT molecular complexity index is 1570. The number of aromatic nitrogens is 1. The Hall–Kier alpha value is -2.97. The van der Waals surface area contributed by atoms with E-state index in [0.29, 0.717) is 23.0 Å². The van der Waals surface area contributed by atoms with Crippen molar-refractivity contribution in [1.82, 2.24) is 4.98 Å². The van der Waals surface area contributed by atoms with Gasteiger partial charge in [-0.15, -0.1) is 0 Å². The zero-order valence-corrected chi connectivity index (χ0v) is 23.3. The molecule has 2 unspecified atom stereocenters. The van der Waals surface area contributed by atoms with Crippen LogP contribution in [0.4, 0.5) is 10.1 Å². The molecule has 2 N–H and O–H groups in total. The highest BCUT2D eigenvalue weighted by molar-refractivity contribution is 6.88. The van der Waals surface area contributed by atoms with Crippen LogP contribution < -0.4 is 20.8 Å². The van der Waals surface area contributed by atoms with Crippen LogP contribution in [0.3, 0.4) is 0 Å². The van der Waals surface area contributed by atoms with Crippen molar-refractivity contribution < 1.29 is 18.6 Å². The molecule has 0 spiro atoms. The second kappa shape index (κ2) is 9.28. The quantitative estimate of drug-likeness (QED) is 0.462. The maximum atomic E-state index is 15.8. The van der Waals surface area contributed by atoms with E-state index in [0.717, 1.165) is 17.7 Å². The number of hydrogen-bond donors (Lipinski definition) is 1. The molecule has 3 atom stereocenters. The number of ether oxygens (including phenoxy) is 1. The molecule has 6 rings (SSSR count). The van der Waals surface area contributed by atoms with Gasteiger partial charge in [0.1, 0.15) is 0 Å². The van der Waals surface area contributed by atoms with Crippen molar-refractivity contribution in [1.29, 1.82) is 0 Å². The number of rotatable bonds is 5. The second-order valence-corrected chi connectivity index (χ2v) is 12.3. The number of nitrogens with two attached hydrogens (primary N) is 1. The normalized spacial score (nSPS) is 23.9. The Balaban J connectivity index is 1.45. The molecule has 2 aromatic carbocycles. The summed E-state index contributed by atoms with van der Waals surface area (Å²) in [5.74, 6) is -0.0604. The fraction of sp³-hybridized carbons (Fsp3) is 0.321. The van der Waals surface area contributed by atoms with Gasteiger partial charge in [0.05, 0.1) is 32.4 Å². The summed E-state index contributed by atoms with van der Waals surface area (Å²) < 4.78 is 22.3. The van der Waals surface area contributed by atoms with Gasteiger partial charge in [0, 0.05) is 27.9 Å². The van der Waals surface area contributed by atoms with E-state index in [1.54, 1.807) is 18.2 Å². The van der Waals surface area contributed by atoms with Crippen LogP contribution in [-0.2, 0) is 0 Å². The first-order valence-electron chi connectivity index (χ1n) is 12.9. The number of benzene rings is 2. The summed E-state index contributed by atoms with van der Waals surface area (Å²) in [5.41, 5.74) is 6.99. The Kier molecular flexibility index (Phi) is 6.31. The predicted molar refractivity (Wildman–Crippen MR) is 157 cm³/mol. The van der Waals surface area contributed by atoms with Crippen molar-refractivity contribution in [3.8, 4) is 16.9 Å². The lowest BCUT2D eigenvalue weighted by atomic mass is 9.30. The molecule has 6 nitrogen and oxygen atoms in total. The van der Waals surface area contributed by atoms with Crippen LogP contribution in [0.2, 0.25) is 10.0 Å². The molecule has 12 heteroatoms.